The van der Waals surface area contributed by atoms with Crippen molar-refractivity contribution < 1.29 is 5.11 Å². The number of likely N-dealkylation sites (N-methyl/N-ethyl adjacent to an activating group) is 1. The van der Waals surface area contributed by atoms with E-state index in [9.17, 15) is 9.90 Å². The second kappa shape index (κ2) is 9.97. The van der Waals surface area contributed by atoms with Gasteiger partial charge in [0.1, 0.15) is 5.65 Å². The van der Waals surface area contributed by atoms with Gasteiger partial charge in [-0.05, 0) is 75.4 Å². The Kier molecular flexibility index (Phi) is 6.67. The second-order valence-electron chi connectivity index (χ2n) is 12.0. The standard InChI is InChI=1S/C29H40N6O2/c1-29(37)10-8-22(9-11-29)35-26-25(18-31-28(32-26)30-17-20-4-3-5-20)23-7-6-21(16-24(23)27(35)36)19-34-14-12-33(2)13-15-34/h6-7,16,18,20,22,37H,3-5,8-15,17,19H2,1-2H3,(H,30,31,32)/t22-,29-. The summed E-state index contributed by atoms with van der Waals surface area (Å²) in [6.45, 7) is 7.88. The Labute approximate surface area is 218 Å². The fraction of sp³-hybridized carbons (Fsp3) is 0.621. The molecule has 3 aliphatic rings. The highest BCUT2D eigenvalue weighted by molar-refractivity contribution is 6.04. The number of aliphatic hydroxyl groups is 1. The number of rotatable bonds is 6. The molecule has 0 atom stereocenters. The van der Waals surface area contributed by atoms with Crippen LogP contribution < -0.4 is 10.9 Å². The number of nitrogens with one attached hydrogen (secondary N) is 1. The van der Waals surface area contributed by atoms with Gasteiger partial charge >= 0.3 is 0 Å². The summed E-state index contributed by atoms with van der Waals surface area (Å²) in [5, 5.41) is 16.6. The molecule has 2 saturated carbocycles. The summed E-state index contributed by atoms with van der Waals surface area (Å²) in [6.07, 6.45) is 8.62. The van der Waals surface area contributed by atoms with Gasteiger partial charge in [-0.3, -0.25) is 14.3 Å². The monoisotopic (exact) mass is 504 g/mol. The molecular weight excluding hydrogens is 464 g/mol. The zero-order valence-corrected chi connectivity index (χ0v) is 22.2. The van der Waals surface area contributed by atoms with E-state index >= 15 is 0 Å². The Morgan fingerprint density at radius 1 is 1.05 bits per heavy atom. The minimum atomic E-state index is -0.660. The van der Waals surface area contributed by atoms with Crippen molar-refractivity contribution in [2.45, 2.75) is 70.1 Å². The fourth-order valence-corrected chi connectivity index (χ4v) is 6.18. The van der Waals surface area contributed by atoms with E-state index in [2.05, 4.69) is 45.3 Å². The molecule has 0 unspecified atom stereocenters. The first kappa shape index (κ1) is 24.8. The molecule has 37 heavy (non-hydrogen) atoms. The van der Waals surface area contributed by atoms with E-state index in [0.29, 0.717) is 30.4 Å². The van der Waals surface area contributed by atoms with E-state index in [1.807, 2.05) is 17.7 Å². The summed E-state index contributed by atoms with van der Waals surface area (Å²) >= 11 is 0. The van der Waals surface area contributed by atoms with Gasteiger partial charge in [0.25, 0.3) is 5.56 Å². The predicted octanol–water partition coefficient (Wildman–Crippen LogP) is 3.77. The third kappa shape index (κ3) is 5.11. The number of hydrogen-bond acceptors (Lipinski definition) is 7. The Hall–Kier alpha value is -2.55. The maximum Gasteiger partial charge on any atom is 0.260 e. The molecule has 2 aromatic heterocycles. The van der Waals surface area contributed by atoms with Crippen molar-refractivity contribution in [2.75, 3.05) is 45.1 Å². The van der Waals surface area contributed by atoms with E-state index < -0.39 is 5.60 Å². The van der Waals surface area contributed by atoms with E-state index in [-0.39, 0.29) is 11.6 Å². The largest absolute Gasteiger partial charge is 0.390 e. The smallest absolute Gasteiger partial charge is 0.260 e. The second-order valence-corrected chi connectivity index (χ2v) is 12.0. The Morgan fingerprint density at radius 3 is 2.51 bits per heavy atom. The molecule has 6 rings (SSSR count). The molecule has 3 fully saturated rings. The molecule has 0 amide bonds. The number of benzene rings is 1. The summed E-state index contributed by atoms with van der Waals surface area (Å²) in [4.78, 5) is 28.5. The topological polar surface area (TPSA) is 86.5 Å². The van der Waals surface area contributed by atoms with Crippen molar-refractivity contribution in [2.24, 2.45) is 5.92 Å². The van der Waals surface area contributed by atoms with Crippen molar-refractivity contribution >= 4 is 27.8 Å². The average molecular weight is 505 g/mol. The van der Waals surface area contributed by atoms with Gasteiger partial charge in [-0.2, -0.15) is 4.98 Å². The SMILES string of the molecule is CN1CCN(Cc2ccc3c(c2)c(=O)n([C@H]2CC[C@](C)(O)CC2)c2nc(NCC4CCC4)ncc32)CC1. The quantitative estimate of drug-likeness (QED) is 0.494. The third-order valence-corrected chi connectivity index (χ3v) is 8.99. The van der Waals surface area contributed by atoms with Crippen LogP contribution in [0.3, 0.4) is 0 Å². The van der Waals surface area contributed by atoms with Crippen LogP contribution in [-0.4, -0.2) is 74.8 Å². The van der Waals surface area contributed by atoms with Crippen molar-refractivity contribution in [3.8, 4) is 0 Å². The first-order valence-corrected chi connectivity index (χ1v) is 14.1. The first-order valence-electron chi connectivity index (χ1n) is 14.1. The molecule has 1 aromatic carbocycles. The molecule has 1 aliphatic heterocycles. The van der Waals surface area contributed by atoms with Crippen LogP contribution in [0.25, 0.3) is 21.8 Å². The molecule has 3 heterocycles. The predicted molar refractivity (Wildman–Crippen MR) is 148 cm³/mol. The first-order chi connectivity index (χ1) is 17.9. The van der Waals surface area contributed by atoms with Gasteiger partial charge in [0, 0.05) is 62.3 Å². The van der Waals surface area contributed by atoms with Crippen LogP contribution in [0.5, 0.6) is 0 Å². The van der Waals surface area contributed by atoms with Gasteiger partial charge in [-0.15, -0.1) is 0 Å². The van der Waals surface area contributed by atoms with Crippen molar-refractivity contribution in [3.63, 3.8) is 0 Å². The van der Waals surface area contributed by atoms with Crippen LogP contribution in [0.2, 0.25) is 0 Å². The van der Waals surface area contributed by atoms with Gasteiger partial charge in [0.2, 0.25) is 5.95 Å². The number of hydrogen-bond donors (Lipinski definition) is 2. The molecule has 2 aliphatic carbocycles. The third-order valence-electron chi connectivity index (χ3n) is 8.99. The normalized spacial score (nSPS) is 26.0. The maximum absolute atomic E-state index is 14.1. The maximum atomic E-state index is 14.1. The highest BCUT2D eigenvalue weighted by Crippen LogP contribution is 2.36. The van der Waals surface area contributed by atoms with E-state index in [4.69, 9.17) is 4.98 Å². The van der Waals surface area contributed by atoms with Crippen LogP contribution in [0, 0.1) is 5.92 Å². The number of aromatic nitrogens is 3. The molecule has 8 nitrogen and oxygen atoms in total. The van der Waals surface area contributed by atoms with Gasteiger partial charge in [0.15, 0.2) is 0 Å². The Balaban J connectivity index is 1.40. The molecule has 2 N–H and O–H groups in total. The number of anilines is 1. The summed E-state index contributed by atoms with van der Waals surface area (Å²) in [7, 11) is 2.17. The van der Waals surface area contributed by atoms with Crippen molar-refractivity contribution in [1.29, 1.82) is 0 Å². The molecule has 0 spiro atoms. The van der Waals surface area contributed by atoms with Crippen LogP contribution in [-0.2, 0) is 6.54 Å². The van der Waals surface area contributed by atoms with E-state index in [1.165, 1.54) is 24.8 Å². The number of piperazine rings is 1. The van der Waals surface area contributed by atoms with E-state index in [1.54, 1.807) is 0 Å². The average Bonchev–Trinajstić information content (AvgIpc) is 2.85. The Morgan fingerprint density at radius 2 is 1.81 bits per heavy atom. The number of pyridine rings is 1. The summed E-state index contributed by atoms with van der Waals surface area (Å²) in [6, 6.07) is 6.36. The van der Waals surface area contributed by atoms with E-state index in [0.717, 1.165) is 68.3 Å². The van der Waals surface area contributed by atoms with Gasteiger partial charge < -0.3 is 15.3 Å². The Bertz CT molecular complexity index is 1330. The summed E-state index contributed by atoms with van der Waals surface area (Å²) < 4.78 is 1.92. The zero-order valence-electron chi connectivity index (χ0n) is 22.2. The van der Waals surface area contributed by atoms with Gasteiger partial charge in [0.05, 0.1) is 5.60 Å². The lowest BCUT2D eigenvalue weighted by molar-refractivity contribution is 0.0100. The molecule has 8 heteroatoms. The molecule has 198 valence electrons. The zero-order chi connectivity index (χ0) is 25.6. The highest BCUT2D eigenvalue weighted by atomic mass is 16.3. The van der Waals surface area contributed by atoms with Crippen molar-refractivity contribution in [1.82, 2.24) is 24.3 Å². The lowest BCUT2D eigenvalue weighted by Gasteiger charge is -2.34. The molecule has 1 saturated heterocycles. The lowest BCUT2D eigenvalue weighted by Crippen LogP contribution is -2.43. The van der Waals surface area contributed by atoms with Crippen molar-refractivity contribution in [3.05, 3.63) is 40.3 Å². The number of fused-ring (bicyclic) bond motifs is 3. The minimum absolute atomic E-state index is 0.0234. The van der Waals surface area contributed by atoms with Gasteiger partial charge in [-0.1, -0.05) is 18.6 Å². The van der Waals surface area contributed by atoms with Crippen LogP contribution in [0.4, 0.5) is 5.95 Å². The molecule has 3 aromatic rings. The molecule has 0 radical (unpaired) electrons. The number of nitrogens with zero attached hydrogens (tertiary/aromatic N) is 5. The summed E-state index contributed by atoms with van der Waals surface area (Å²) in [5.41, 5.74) is 1.25. The summed E-state index contributed by atoms with van der Waals surface area (Å²) in [5.74, 6) is 1.29. The highest BCUT2D eigenvalue weighted by Gasteiger charge is 2.31. The minimum Gasteiger partial charge on any atom is -0.390 e. The van der Waals surface area contributed by atoms with Crippen LogP contribution in [0.1, 0.15) is 63.5 Å². The molecular formula is C29H40N6O2. The lowest BCUT2D eigenvalue weighted by atomic mass is 9.83. The molecule has 0 bridgehead atoms. The van der Waals surface area contributed by atoms with Crippen LogP contribution in [0.15, 0.2) is 29.2 Å². The fourth-order valence-electron chi connectivity index (χ4n) is 6.18. The van der Waals surface area contributed by atoms with Crippen LogP contribution >= 0.6 is 0 Å². The van der Waals surface area contributed by atoms with Gasteiger partial charge in [-0.25, -0.2) is 4.98 Å².